The van der Waals surface area contributed by atoms with Crippen LogP contribution in [0.3, 0.4) is 0 Å². The highest BCUT2D eigenvalue weighted by Gasteiger charge is 2.17. The van der Waals surface area contributed by atoms with Crippen LogP contribution >= 0.6 is 0 Å². The van der Waals surface area contributed by atoms with Gasteiger partial charge in [0.15, 0.2) is 0 Å². The molecule has 8 aromatic carbocycles. The van der Waals surface area contributed by atoms with E-state index in [0.29, 0.717) is 0 Å². The number of fused-ring (bicyclic) bond motifs is 2. The van der Waals surface area contributed by atoms with Crippen molar-refractivity contribution in [1.29, 1.82) is 0 Å². The zero-order valence-corrected chi connectivity index (χ0v) is 28.3. The number of nitrogens with zero attached hydrogens (tertiary/aromatic N) is 1. The van der Waals surface area contributed by atoms with Crippen molar-refractivity contribution in [2.75, 3.05) is 4.90 Å². The standard InChI is InChI=1S/C49H35NO/c1-34-47-19-7-8-20-48(47)51-49(34)43-17-10-18-46(33-43)50(45-29-25-38(26-30-45)42-22-21-36-13-5-6-14-39(36)32-42)44-27-23-37(24-28-44)41-16-9-15-40(31-41)35-11-3-2-4-12-35/h2-33H,1H3. The Morgan fingerprint density at radius 3 is 1.59 bits per heavy atom. The van der Waals surface area contributed by atoms with E-state index in [2.05, 4.69) is 194 Å². The molecule has 0 amide bonds. The van der Waals surface area contributed by atoms with E-state index in [9.17, 15) is 0 Å². The first-order valence-corrected chi connectivity index (χ1v) is 17.4. The van der Waals surface area contributed by atoms with Gasteiger partial charge in [-0.25, -0.2) is 0 Å². The summed E-state index contributed by atoms with van der Waals surface area (Å²) in [5, 5.41) is 3.64. The van der Waals surface area contributed by atoms with Crippen LogP contribution in [-0.4, -0.2) is 0 Å². The van der Waals surface area contributed by atoms with Gasteiger partial charge in [0.2, 0.25) is 0 Å². The highest BCUT2D eigenvalue weighted by Crippen LogP contribution is 2.40. The number of hydrogen-bond acceptors (Lipinski definition) is 2. The van der Waals surface area contributed by atoms with Crippen molar-refractivity contribution in [1.82, 2.24) is 0 Å². The van der Waals surface area contributed by atoms with Gasteiger partial charge in [0.1, 0.15) is 11.3 Å². The molecule has 2 heteroatoms. The number of hydrogen-bond donors (Lipinski definition) is 0. The summed E-state index contributed by atoms with van der Waals surface area (Å²) >= 11 is 0. The van der Waals surface area contributed by atoms with Crippen LogP contribution in [0.2, 0.25) is 0 Å². The second-order valence-electron chi connectivity index (χ2n) is 13.0. The summed E-state index contributed by atoms with van der Waals surface area (Å²) in [6.45, 7) is 2.14. The zero-order chi connectivity index (χ0) is 34.1. The van der Waals surface area contributed by atoms with Crippen molar-refractivity contribution in [3.63, 3.8) is 0 Å². The molecule has 1 heterocycles. The summed E-state index contributed by atoms with van der Waals surface area (Å²) in [4.78, 5) is 2.33. The van der Waals surface area contributed by atoms with Crippen LogP contribution in [-0.2, 0) is 0 Å². The van der Waals surface area contributed by atoms with Gasteiger partial charge in [0.05, 0.1) is 0 Å². The molecule has 0 N–H and O–H groups in total. The lowest BCUT2D eigenvalue weighted by Gasteiger charge is -2.26. The molecule has 0 atom stereocenters. The maximum atomic E-state index is 6.41. The average molecular weight is 654 g/mol. The highest BCUT2D eigenvalue weighted by molar-refractivity contribution is 5.90. The number of aryl methyl sites for hydroxylation is 1. The van der Waals surface area contributed by atoms with E-state index in [1.807, 2.05) is 12.1 Å². The van der Waals surface area contributed by atoms with Gasteiger partial charge in [-0.1, -0.05) is 140 Å². The number of para-hydroxylation sites is 1. The van der Waals surface area contributed by atoms with E-state index in [4.69, 9.17) is 4.42 Å². The Morgan fingerprint density at radius 2 is 0.882 bits per heavy atom. The third-order valence-electron chi connectivity index (χ3n) is 9.85. The highest BCUT2D eigenvalue weighted by atomic mass is 16.3. The molecule has 9 rings (SSSR count). The molecule has 0 fully saturated rings. The lowest BCUT2D eigenvalue weighted by molar-refractivity contribution is 0.629. The van der Waals surface area contributed by atoms with E-state index in [1.54, 1.807) is 0 Å². The Bertz CT molecular complexity index is 2630. The third-order valence-corrected chi connectivity index (χ3v) is 9.85. The molecule has 0 aliphatic carbocycles. The number of furan rings is 1. The fraction of sp³-hybridized carbons (Fsp3) is 0.0204. The molecular weight excluding hydrogens is 619 g/mol. The van der Waals surface area contributed by atoms with Crippen molar-refractivity contribution in [3.8, 4) is 44.7 Å². The van der Waals surface area contributed by atoms with Gasteiger partial charge < -0.3 is 9.32 Å². The first-order valence-electron chi connectivity index (χ1n) is 17.4. The Labute approximate surface area is 298 Å². The fourth-order valence-electron chi connectivity index (χ4n) is 7.17. The molecule has 0 bridgehead atoms. The van der Waals surface area contributed by atoms with E-state index in [0.717, 1.165) is 44.9 Å². The minimum absolute atomic E-state index is 0.901. The number of anilines is 3. The molecule has 242 valence electrons. The molecule has 0 saturated heterocycles. The monoisotopic (exact) mass is 653 g/mol. The summed E-state index contributed by atoms with van der Waals surface area (Å²) in [6.07, 6.45) is 0. The fourth-order valence-corrected chi connectivity index (χ4v) is 7.17. The van der Waals surface area contributed by atoms with Crippen molar-refractivity contribution < 1.29 is 4.42 Å². The van der Waals surface area contributed by atoms with Crippen LogP contribution in [0.1, 0.15) is 5.56 Å². The summed E-state index contributed by atoms with van der Waals surface area (Å²) in [5.74, 6) is 0.901. The summed E-state index contributed by atoms with van der Waals surface area (Å²) in [7, 11) is 0. The van der Waals surface area contributed by atoms with Gasteiger partial charge in [0, 0.05) is 33.6 Å². The molecule has 1 aromatic heterocycles. The molecule has 51 heavy (non-hydrogen) atoms. The normalized spacial score (nSPS) is 11.2. The minimum Gasteiger partial charge on any atom is -0.456 e. The lowest BCUT2D eigenvalue weighted by atomic mass is 9.98. The van der Waals surface area contributed by atoms with Crippen molar-refractivity contribution in [3.05, 3.63) is 200 Å². The smallest absolute Gasteiger partial charge is 0.138 e. The molecule has 0 unspecified atom stereocenters. The Kier molecular flexibility index (Phi) is 7.75. The second-order valence-corrected chi connectivity index (χ2v) is 13.0. The topological polar surface area (TPSA) is 16.4 Å². The van der Waals surface area contributed by atoms with Crippen molar-refractivity contribution in [2.24, 2.45) is 0 Å². The summed E-state index contributed by atoms with van der Waals surface area (Å²) < 4.78 is 6.41. The Hall–Kier alpha value is -6.64. The van der Waals surface area contributed by atoms with Crippen LogP contribution < -0.4 is 4.90 Å². The Balaban J connectivity index is 1.11. The first kappa shape index (κ1) is 30.4. The molecule has 0 spiro atoms. The molecule has 9 aromatic rings. The van der Waals surface area contributed by atoms with E-state index in [-0.39, 0.29) is 0 Å². The van der Waals surface area contributed by atoms with Crippen LogP contribution in [0.5, 0.6) is 0 Å². The molecule has 2 nitrogen and oxygen atoms in total. The minimum atomic E-state index is 0.901. The zero-order valence-electron chi connectivity index (χ0n) is 28.3. The quantitative estimate of drug-likeness (QED) is 0.170. The van der Waals surface area contributed by atoms with Gasteiger partial charge in [-0.3, -0.25) is 0 Å². The van der Waals surface area contributed by atoms with Crippen LogP contribution in [0.15, 0.2) is 199 Å². The summed E-state index contributed by atoms with van der Waals surface area (Å²) in [6, 6.07) is 69.2. The van der Waals surface area contributed by atoms with Gasteiger partial charge in [-0.2, -0.15) is 0 Å². The largest absolute Gasteiger partial charge is 0.456 e. The molecular formula is C49H35NO. The van der Waals surface area contributed by atoms with E-state index >= 15 is 0 Å². The third kappa shape index (κ3) is 5.88. The number of benzene rings is 8. The first-order chi connectivity index (χ1) is 25.2. The van der Waals surface area contributed by atoms with E-state index < -0.39 is 0 Å². The molecule has 0 saturated carbocycles. The molecule has 0 aliphatic rings. The number of rotatable bonds is 7. The van der Waals surface area contributed by atoms with Gasteiger partial charge in [0.25, 0.3) is 0 Å². The van der Waals surface area contributed by atoms with Gasteiger partial charge in [-0.15, -0.1) is 0 Å². The second kappa shape index (κ2) is 13.0. The van der Waals surface area contributed by atoms with Crippen molar-refractivity contribution in [2.45, 2.75) is 6.92 Å². The maximum Gasteiger partial charge on any atom is 0.138 e. The predicted molar refractivity (Wildman–Crippen MR) is 215 cm³/mol. The van der Waals surface area contributed by atoms with Crippen LogP contribution in [0, 0.1) is 6.92 Å². The maximum absolute atomic E-state index is 6.41. The predicted octanol–water partition coefficient (Wildman–Crippen LogP) is 14.0. The SMILES string of the molecule is Cc1c(-c2cccc(N(c3ccc(-c4cccc(-c5ccccc5)c4)cc3)c3ccc(-c4ccc5ccccc5c4)cc3)c2)oc2ccccc12. The lowest BCUT2D eigenvalue weighted by Crippen LogP contribution is -2.10. The Morgan fingerprint density at radius 1 is 0.353 bits per heavy atom. The van der Waals surface area contributed by atoms with Crippen LogP contribution in [0.25, 0.3) is 66.4 Å². The van der Waals surface area contributed by atoms with Crippen LogP contribution in [0.4, 0.5) is 17.1 Å². The van der Waals surface area contributed by atoms with Crippen molar-refractivity contribution >= 4 is 38.8 Å². The van der Waals surface area contributed by atoms with E-state index in [1.165, 1.54) is 44.2 Å². The molecule has 0 aliphatic heterocycles. The van der Waals surface area contributed by atoms with Gasteiger partial charge >= 0.3 is 0 Å². The molecule has 0 radical (unpaired) electrons. The van der Waals surface area contributed by atoms with Gasteiger partial charge in [-0.05, 0) is 106 Å². The average Bonchev–Trinajstić information content (AvgIpc) is 3.55. The summed E-state index contributed by atoms with van der Waals surface area (Å²) in [5.41, 5.74) is 13.5.